The van der Waals surface area contributed by atoms with Gasteiger partial charge in [-0.25, -0.2) is 0 Å². The second kappa shape index (κ2) is 5.59. The largest absolute Gasteiger partial charge is 0.508 e. The van der Waals surface area contributed by atoms with Crippen LogP contribution in [0.3, 0.4) is 0 Å². The fourth-order valence-corrected chi connectivity index (χ4v) is 2.53. The first-order valence-corrected chi connectivity index (χ1v) is 6.53. The minimum Gasteiger partial charge on any atom is -0.508 e. The van der Waals surface area contributed by atoms with E-state index in [1.807, 2.05) is 14.0 Å². The van der Waals surface area contributed by atoms with Crippen molar-refractivity contribution in [3.8, 4) is 11.5 Å². The SMILES string of the molecule is CC(c1cc(O)ccc1O)N(C)CC1CCCN1. The smallest absolute Gasteiger partial charge is 0.120 e. The second-order valence-corrected chi connectivity index (χ2v) is 5.15. The molecule has 1 heterocycles. The van der Waals surface area contributed by atoms with Gasteiger partial charge in [-0.2, -0.15) is 0 Å². The minimum absolute atomic E-state index is 0.0829. The first-order valence-electron chi connectivity index (χ1n) is 6.53. The average molecular weight is 250 g/mol. The number of rotatable bonds is 4. The number of likely N-dealkylation sites (N-methyl/N-ethyl adjacent to an activating group) is 1. The lowest BCUT2D eigenvalue weighted by atomic mass is 10.0. The summed E-state index contributed by atoms with van der Waals surface area (Å²) in [5, 5.41) is 22.8. The molecular formula is C14H22N2O2. The van der Waals surface area contributed by atoms with Gasteiger partial charge < -0.3 is 15.5 Å². The van der Waals surface area contributed by atoms with E-state index in [4.69, 9.17) is 0 Å². The number of benzene rings is 1. The van der Waals surface area contributed by atoms with Crippen LogP contribution in [-0.4, -0.2) is 41.3 Å². The van der Waals surface area contributed by atoms with Gasteiger partial charge in [0.15, 0.2) is 0 Å². The zero-order chi connectivity index (χ0) is 13.1. The van der Waals surface area contributed by atoms with Gasteiger partial charge in [0.1, 0.15) is 11.5 Å². The zero-order valence-electron chi connectivity index (χ0n) is 11.1. The Hall–Kier alpha value is -1.26. The monoisotopic (exact) mass is 250 g/mol. The third kappa shape index (κ3) is 2.94. The van der Waals surface area contributed by atoms with Crippen LogP contribution in [0.4, 0.5) is 0 Å². The summed E-state index contributed by atoms with van der Waals surface area (Å²) in [5.74, 6) is 0.438. The molecule has 0 aromatic heterocycles. The van der Waals surface area contributed by atoms with Crippen molar-refractivity contribution in [2.24, 2.45) is 0 Å². The van der Waals surface area contributed by atoms with E-state index in [0.717, 1.165) is 18.7 Å². The van der Waals surface area contributed by atoms with E-state index in [-0.39, 0.29) is 17.5 Å². The van der Waals surface area contributed by atoms with Crippen molar-refractivity contribution in [3.63, 3.8) is 0 Å². The third-order valence-corrected chi connectivity index (χ3v) is 3.79. The number of phenols is 2. The Balaban J connectivity index is 2.04. The maximum absolute atomic E-state index is 9.86. The summed E-state index contributed by atoms with van der Waals surface area (Å²) in [6.07, 6.45) is 2.45. The number of nitrogens with zero attached hydrogens (tertiary/aromatic N) is 1. The van der Waals surface area contributed by atoms with Crippen LogP contribution in [-0.2, 0) is 0 Å². The van der Waals surface area contributed by atoms with Crippen molar-refractivity contribution in [1.29, 1.82) is 0 Å². The highest BCUT2D eigenvalue weighted by Gasteiger charge is 2.21. The van der Waals surface area contributed by atoms with E-state index in [1.54, 1.807) is 12.1 Å². The van der Waals surface area contributed by atoms with Crippen molar-refractivity contribution in [2.45, 2.75) is 31.8 Å². The molecule has 1 saturated heterocycles. The predicted molar refractivity (Wildman–Crippen MR) is 71.8 cm³/mol. The lowest BCUT2D eigenvalue weighted by molar-refractivity contribution is 0.233. The first kappa shape index (κ1) is 13.2. The molecule has 100 valence electrons. The van der Waals surface area contributed by atoms with Crippen LogP contribution in [0, 0.1) is 0 Å². The van der Waals surface area contributed by atoms with E-state index in [1.165, 1.54) is 18.9 Å². The predicted octanol–water partition coefficient (Wildman–Crippen LogP) is 1.84. The van der Waals surface area contributed by atoms with Crippen molar-refractivity contribution < 1.29 is 10.2 Å². The topological polar surface area (TPSA) is 55.7 Å². The van der Waals surface area contributed by atoms with Gasteiger partial charge in [-0.3, -0.25) is 4.90 Å². The van der Waals surface area contributed by atoms with Crippen molar-refractivity contribution >= 4 is 0 Å². The summed E-state index contributed by atoms with van der Waals surface area (Å²) in [6, 6.07) is 5.31. The van der Waals surface area contributed by atoms with Crippen LogP contribution in [0.5, 0.6) is 11.5 Å². The molecule has 3 N–H and O–H groups in total. The normalized spacial score (nSPS) is 21.4. The highest BCUT2D eigenvalue weighted by Crippen LogP contribution is 2.30. The van der Waals surface area contributed by atoms with Gasteiger partial charge >= 0.3 is 0 Å². The lowest BCUT2D eigenvalue weighted by Crippen LogP contribution is -2.36. The molecule has 0 aliphatic carbocycles. The molecule has 4 heteroatoms. The molecule has 0 saturated carbocycles. The van der Waals surface area contributed by atoms with Gasteiger partial charge in [-0.05, 0) is 51.6 Å². The lowest BCUT2D eigenvalue weighted by Gasteiger charge is -2.28. The summed E-state index contributed by atoms with van der Waals surface area (Å²) in [4.78, 5) is 2.21. The Bertz CT molecular complexity index is 403. The maximum Gasteiger partial charge on any atom is 0.120 e. The quantitative estimate of drug-likeness (QED) is 0.714. The molecule has 0 bridgehead atoms. The maximum atomic E-state index is 9.86. The van der Waals surface area contributed by atoms with Crippen LogP contribution in [0.25, 0.3) is 0 Å². The van der Waals surface area contributed by atoms with Gasteiger partial charge in [0.2, 0.25) is 0 Å². The highest BCUT2D eigenvalue weighted by atomic mass is 16.3. The molecule has 2 rings (SSSR count). The molecule has 1 aliphatic rings. The van der Waals surface area contributed by atoms with Gasteiger partial charge in [0.25, 0.3) is 0 Å². The summed E-state index contributed by atoms with van der Waals surface area (Å²) in [7, 11) is 2.05. The molecule has 2 atom stereocenters. The van der Waals surface area contributed by atoms with Gasteiger partial charge in [0, 0.05) is 24.2 Å². The summed E-state index contributed by atoms with van der Waals surface area (Å²) in [5.41, 5.74) is 0.774. The Morgan fingerprint density at radius 2 is 2.22 bits per heavy atom. The molecule has 1 aliphatic heterocycles. The van der Waals surface area contributed by atoms with E-state index < -0.39 is 0 Å². The Morgan fingerprint density at radius 1 is 1.44 bits per heavy atom. The number of hydrogen-bond acceptors (Lipinski definition) is 4. The first-order chi connectivity index (χ1) is 8.58. The number of nitrogens with one attached hydrogen (secondary N) is 1. The third-order valence-electron chi connectivity index (χ3n) is 3.79. The molecule has 2 unspecified atom stereocenters. The van der Waals surface area contributed by atoms with Crippen LogP contribution < -0.4 is 5.32 Å². The summed E-state index contributed by atoms with van der Waals surface area (Å²) >= 11 is 0. The molecule has 18 heavy (non-hydrogen) atoms. The number of hydrogen-bond donors (Lipinski definition) is 3. The Labute approximate surface area is 108 Å². The highest BCUT2D eigenvalue weighted by molar-refractivity contribution is 5.40. The molecule has 4 nitrogen and oxygen atoms in total. The van der Waals surface area contributed by atoms with Gasteiger partial charge in [0.05, 0.1) is 0 Å². The van der Waals surface area contributed by atoms with Crippen LogP contribution in [0.1, 0.15) is 31.4 Å². The van der Waals surface area contributed by atoms with Gasteiger partial charge in [-0.1, -0.05) is 0 Å². The Kier molecular flexibility index (Phi) is 4.09. The van der Waals surface area contributed by atoms with E-state index >= 15 is 0 Å². The van der Waals surface area contributed by atoms with Crippen LogP contribution in [0.2, 0.25) is 0 Å². The van der Waals surface area contributed by atoms with E-state index in [2.05, 4.69) is 10.2 Å². The van der Waals surface area contributed by atoms with Gasteiger partial charge in [-0.15, -0.1) is 0 Å². The molecule has 1 aromatic carbocycles. The molecule has 0 radical (unpaired) electrons. The number of aromatic hydroxyl groups is 2. The van der Waals surface area contributed by atoms with Crippen LogP contribution >= 0.6 is 0 Å². The number of phenolic OH excluding ortho intramolecular Hbond substituents is 2. The fourth-order valence-electron chi connectivity index (χ4n) is 2.53. The molecule has 0 amide bonds. The van der Waals surface area contributed by atoms with Crippen molar-refractivity contribution in [1.82, 2.24) is 10.2 Å². The second-order valence-electron chi connectivity index (χ2n) is 5.15. The van der Waals surface area contributed by atoms with Crippen LogP contribution in [0.15, 0.2) is 18.2 Å². The average Bonchev–Trinajstić information content (AvgIpc) is 2.84. The van der Waals surface area contributed by atoms with E-state index in [0.29, 0.717) is 6.04 Å². The Morgan fingerprint density at radius 3 is 2.89 bits per heavy atom. The standard InChI is InChI=1S/C14H22N2O2/c1-10(13-8-12(17)5-6-14(13)18)16(2)9-11-4-3-7-15-11/h5-6,8,10-11,15,17-18H,3-4,7,9H2,1-2H3. The fraction of sp³-hybridized carbons (Fsp3) is 0.571. The zero-order valence-corrected chi connectivity index (χ0v) is 11.1. The minimum atomic E-state index is 0.0829. The van der Waals surface area contributed by atoms with Crippen molar-refractivity contribution in [2.75, 3.05) is 20.1 Å². The molecular weight excluding hydrogens is 228 g/mol. The molecule has 1 fully saturated rings. The molecule has 0 spiro atoms. The molecule has 1 aromatic rings. The summed E-state index contributed by atoms with van der Waals surface area (Å²) < 4.78 is 0. The van der Waals surface area contributed by atoms with Crippen molar-refractivity contribution in [3.05, 3.63) is 23.8 Å². The summed E-state index contributed by atoms with van der Waals surface area (Å²) in [6.45, 7) is 4.10. The van der Waals surface area contributed by atoms with E-state index in [9.17, 15) is 10.2 Å².